The molecule has 0 amide bonds. The number of hydrogen-bond donors (Lipinski definition) is 1. The molecule has 0 aromatic heterocycles. The lowest BCUT2D eigenvalue weighted by Gasteiger charge is -2.40. The van der Waals surface area contributed by atoms with Crippen LogP contribution in [-0.2, 0) is 19.9 Å². The van der Waals surface area contributed by atoms with Crippen molar-refractivity contribution < 1.29 is 27.4 Å². The van der Waals surface area contributed by atoms with Gasteiger partial charge in [0.15, 0.2) is 3.72 Å². The number of carbonyl (C=O) groups excluding carboxylic acids is 1. The van der Waals surface area contributed by atoms with Crippen molar-refractivity contribution in [2.24, 2.45) is 10.2 Å². The van der Waals surface area contributed by atoms with Crippen molar-refractivity contribution in [2.75, 3.05) is 38.2 Å². The van der Waals surface area contributed by atoms with Crippen LogP contribution in [0.4, 0.5) is 18.9 Å². The van der Waals surface area contributed by atoms with E-state index in [1.54, 1.807) is 22.6 Å². The lowest BCUT2D eigenvalue weighted by atomic mass is 9.93. The Kier molecular flexibility index (Phi) is 7.94. The minimum atomic E-state index is -5.09. The van der Waals surface area contributed by atoms with E-state index < -0.39 is 29.2 Å². The van der Waals surface area contributed by atoms with Crippen molar-refractivity contribution in [2.45, 2.75) is 25.6 Å². The third-order valence-electron chi connectivity index (χ3n) is 6.19. The van der Waals surface area contributed by atoms with Gasteiger partial charge in [-0.15, -0.1) is 15.4 Å². The number of hydrazone groups is 2. The highest BCUT2D eigenvalue weighted by Crippen LogP contribution is 2.43. The zero-order chi connectivity index (χ0) is 26.8. The molecule has 1 N–H and O–H groups in total. The van der Waals surface area contributed by atoms with Gasteiger partial charge in [0.05, 0.1) is 0 Å². The minimum Gasteiger partial charge on any atom is -0.400 e. The van der Waals surface area contributed by atoms with Crippen LogP contribution in [0.2, 0.25) is 0 Å². The second kappa shape index (κ2) is 10.8. The molecule has 198 valence electrons. The fourth-order valence-electron chi connectivity index (χ4n) is 4.21. The molecule has 1 fully saturated rings. The Bertz CT molecular complexity index is 1200. The predicted molar refractivity (Wildman–Crippen MR) is 141 cm³/mol. The largest absolute Gasteiger partial charge is 0.432 e. The van der Waals surface area contributed by atoms with E-state index in [0.717, 1.165) is 32.3 Å². The number of esters is 1. The second-order valence-electron chi connectivity index (χ2n) is 8.57. The van der Waals surface area contributed by atoms with Gasteiger partial charge in [0.2, 0.25) is 0 Å². The molecule has 0 radical (unpaired) electrons. The molecule has 4 rings (SSSR count). The van der Waals surface area contributed by atoms with Gasteiger partial charge in [0.25, 0.3) is 11.5 Å². The molecule has 0 saturated carbocycles. The Labute approximate surface area is 226 Å². The highest BCUT2D eigenvalue weighted by molar-refractivity contribution is 14.1. The van der Waals surface area contributed by atoms with Gasteiger partial charge in [-0.3, -0.25) is 0 Å². The summed E-state index contributed by atoms with van der Waals surface area (Å²) in [6.07, 6.45) is -5.09. The van der Waals surface area contributed by atoms with Crippen molar-refractivity contribution >= 4 is 43.9 Å². The molecule has 2 aromatic rings. The van der Waals surface area contributed by atoms with Crippen LogP contribution in [0.1, 0.15) is 16.7 Å². The average Bonchev–Trinajstić information content (AvgIpc) is 2.87. The number of carbonyl (C=O) groups is 1. The lowest BCUT2D eigenvalue weighted by molar-refractivity contribution is -0.273. The van der Waals surface area contributed by atoms with Gasteiger partial charge in [-0.2, -0.15) is 23.7 Å². The summed E-state index contributed by atoms with van der Waals surface area (Å²) in [5, 5.41) is 11.6. The molecule has 0 spiro atoms. The van der Waals surface area contributed by atoms with E-state index in [1.165, 1.54) is 40.2 Å². The Balaban J connectivity index is 1.44. The van der Waals surface area contributed by atoms with Gasteiger partial charge >= 0.3 is 12.1 Å². The van der Waals surface area contributed by atoms with E-state index in [-0.39, 0.29) is 3.72 Å². The van der Waals surface area contributed by atoms with Crippen molar-refractivity contribution in [1.29, 1.82) is 0 Å². The van der Waals surface area contributed by atoms with Crippen LogP contribution in [0, 0.1) is 13.8 Å². The van der Waals surface area contributed by atoms with Crippen molar-refractivity contribution in [3.63, 3.8) is 0 Å². The zero-order valence-corrected chi connectivity index (χ0v) is 22.6. The Hall–Kier alpha value is -2.91. The standard InChI is InChI=1S/C24H26F3IN6O3/c1-16-9-10-17(2)19(15-16)32-11-13-33(14-12-32)34-30-20(28)21(29-31-34)37-22(35)23(36-3,24(25,26)27)18-7-5-4-6-8-18/h4-10,15,31H,11-14H2,1-3H3. The number of methoxy groups -OCH3 is 1. The van der Waals surface area contributed by atoms with Crippen molar-refractivity contribution in [3.05, 3.63) is 65.2 Å². The molecule has 1 unspecified atom stereocenters. The number of anilines is 1. The molecule has 2 aromatic carbocycles. The van der Waals surface area contributed by atoms with Crippen LogP contribution < -0.4 is 10.4 Å². The average molecular weight is 630 g/mol. The Morgan fingerprint density at radius 1 is 1.05 bits per heavy atom. The highest BCUT2D eigenvalue weighted by Gasteiger charge is 2.64. The normalized spacial score (nSPS) is 18.5. The summed E-state index contributed by atoms with van der Waals surface area (Å²) in [6, 6.07) is 12.9. The number of aryl methyl sites for hydroxylation is 2. The molecule has 1 saturated heterocycles. The maximum Gasteiger partial charge on any atom is 0.432 e. The van der Waals surface area contributed by atoms with Gasteiger partial charge in [0.1, 0.15) is 0 Å². The first-order valence-corrected chi connectivity index (χ1v) is 12.5. The van der Waals surface area contributed by atoms with Gasteiger partial charge < -0.3 is 14.4 Å². The van der Waals surface area contributed by atoms with Crippen LogP contribution in [0.3, 0.4) is 0 Å². The van der Waals surface area contributed by atoms with Crippen LogP contribution in [-0.4, -0.2) is 65.3 Å². The molecule has 2 aliphatic rings. The van der Waals surface area contributed by atoms with Gasteiger partial charge in [-0.1, -0.05) is 42.5 Å². The summed E-state index contributed by atoms with van der Waals surface area (Å²) in [5.74, 6) is -2.06. The summed E-state index contributed by atoms with van der Waals surface area (Å²) < 4.78 is 52.4. The molecule has 37 heavy (non-hydrogen) atoms. The van der Waals surface area contributed by atoms with Crippen molar-refractivity contribution in [3.8, 4) is 0 Å². The number of nitrogens with one attached hydrogen (secondary N) is 1. The molecule has 1 atom stereocenters. The van der Waals surface area contributed by atoms with E-state index in [4.69, 9.17) is 9.47 Å². The van der Waals surface area contributed by atoms with Gasteiger partial charge in [-0.25, -0.2) is 4.79 Å². The van der Waals surface area contributed by atoms with Crippen LogP contribution in [0.5, 0.6) is 0 Å². The number of ether oxygens (including phenoxy) is 2. The first-order chi connectivity index (χ1) is 17.6. The topological polar surface area (TPSA) is 82.0 Å². The molecule has 13 heteroatoms. The number of piperazine rings is 1. The third kappa shape index (κ3) is 5.38. The van der Waals surface area contributed by atoms with E-state index in [1.807, 2.05) is 5.01 Å². The van der Waals surface area contributed by atoms with E-state index in [9.17, 15) is 18.0 Å². The number of hydrazine groups is 2. The molecule has 2 aliphatic heterocycles. The zero-order valence-electron chi connectivity index (χ0n) is 20.4. The second-order valence-corrected chi connectivity index (χ2v) is 9.59. The fourth-order valence-corrected chi connectivity index (χ4v) is 4.64. The molecule has 0 bridgehead atoms. The number of halogens is 4. The Morgan fingerprint density at radius 3 is 2.32 bits per heavy atom. The van der Waals surface area contributed by atoms with Crippen LogP contribution in [0.25, 0.3) is 0 Å². The van der Waals surface area contributed by atoms with Gasteiger partial charge in [-0.05, 0) is 53.6 Å². The summed E-state index contributed by atoms with van der Waals surface area (Å²) in [6.45, 7) is 6.84. The van der Waals surface area contributed by atoms with Crippen molar-refractivity contribution in [1.82, 2.24) is 15.8 Å². The lowest BCUT2D eigenvalue weighted by Crippen LogP contribution is -2.57. The van der Waals surface area contributed by atoms with Gasteiger partial charge in [0, 0.05) is 44.5 Å². The smallest absolute Gasteiger partial charge is 0.400 e. The number of hydrogen-bond acceptors (Lipinski definition) is 9. The number of nitrogens with zero attached hydrogens (tertiary/aromatic N) is 5. The molecular formula is C24H26F3IN6O3. The number of alkyl halides is 3. The third-order valence-corrected chi connectivity index (χ3v) is 6.87. The summed E-state index contributed by atoms with van der Waals surface area (Å²) >= 11 is 1.76. The minimum absolute atomic E-state index is 0.0990. The Morgan fingerprint density at radius 2 is 1.73 bits per heavy atom. The first-order valence-electron chi connectivity index (χ1n) is 11.4. The molecule has 9 nitrogen and oxygen atoms in total. The quantitative estimate of drug-likeness (QED) is 0.397. The number of rotatable bonds is 5. The molecule has 2 heterocycles. The summed E-state index contributed by atoms with van der Waals surface area (Å²) in [7, 11) is 0.807. The van der Waals surface area contributed by atoms with Crippen LogP contribution in [0.15, 0.2) is 58.7 Å². The first kappa shape index (κ1) is 27.1. The maximum absolute atomic E-state index is 14.1. The summed E-state index contributed by atoms with van der Waals surface area (Å²) in [5.41, 5.74) is 2.47. The predicted octanol–water partition coefficient (Wildman–Crippen LogP) is 3.87. The SMILES string of the molecule is COC(C(=O)OC1=NNN(N2CCN(c3cc(C)ccc3C)CC2)N=C1I)(c1ccccc1)C(F)(F)F. The summed E-state index contributed by atoms with van der Waals surface area (Å²) in [4.78, 5) is 15.2. The molecule has 0 aliphatic carbocycles. The maximum atomic E-state index is 14.1. The monoisotopic (exact) mass is 630 g/mol. The fraction of sp³-hybridized carbons (Fsp3) is 0.375. The highest BCUT2D eigenvalue weighted by atomic mass is 127. The van der Waals surface area contributed by atoms with E-state index in [0.29, 0.717) is 13.1 Å². The van der Waals surface area contributed by atoms with Crippen LogP contribution >= 0.6 is 22.6 Å². The number of benzene rings is 2. The van der Waals surface area contributed by atoms with E-state index >= 15 is 0 Å². The van der Waals surface area contributed by atoms with E-state index in [2.05, 4.69) is 52.7 Å². The molecular weight excluding hydrogens is 604 g/mol.